The first-order valence-electron chi connectivity index (χ1n) is 3.47. The molecule has 0 saturated carbocycles. The average Bonchev–Trinajstić information content (AvgIpc) is 1.97. The monoisotopic (exact) mass is 138 g/mol. The lowest BCUT2D eigenvalue weighted by Crippen LogP contribution is -1.87. The molecule has 10 heavy (non-hydrogen) atoms. The van der Waals surface area contributed by atoms with Gasteiger partial charge < -0.3 is 0 Å². The predicted octanol–water partition coefficient (Wildman–Crippen LogP) is 2.07. The molecule has 0 aromatic rings. The second-order valence-corrected chi connectivity index (χ2v) is 1.94. The van der Waals surface area contributed by atoms with E-state index in [9.17, 15) is 0 Å². The van der Waals surface area contributed by atoms with Crippen molar-refractivity contribution in [1.82, 2.24) is 0 Å². The van der Waals surface area contributed by atoms with Crippen molar-refractivity contribution >= 4 is 12.1 Å². The molecule has 0 radical (unpaired) electrons. The maximum absolute atomic E-state index is 4.15. The van der Waals surface area contributed by atoms with Crippen molar-refractivity contribution < 1.29 is 0 Å². The van der Waals surface area contributed by atoms with Gasteiger partial charge in [0.15, 0.2) is 0 Å². The number of aliphatic imine (C=N–C) groups is 2. The fourth-order valence-electron chi connectivity index (χ4n) is 0.475. The Morgan fingerprint density at radius 2 is 2.30 bits per heavy atom. The van der Waals surface area contributed by atoms with Gasteiger partial charge in [0.25, 0.3) is 0 Å². The summed E-state index contributed by atoms with van der Waals surface area (Å²) in [5.41, 5.74) is 0. The highest BCUT2D eigenvalue weighted by Crippen LogP contribution is 1.82. The van der Waals surface area contributed by atoms with Gasteiger partial charge in [0.2, 0.25) is 0 Å². The zero-order valence-corrected chi connectivity index (χ0v) is 6.67. The van der Waals surface area contributed by atoms with E-state index in [1.807, 2.05) is 6.92 Å². The summed E-state index contributed by atoms with van der Waals surface area (Å²) in [6.45, 7) is 8.35. The topological polar surface area (TPSA) is 24.7 Å². The lowest BCUT2D eigenvalue weighted by molar-refractivity contribution is 0.929. The van der Waals surface area contributed by atoms with Crippen molar-refractivity contribution in [3.63, 3.8) is 0 Å². The number of allylic oxidation sites excluding steroid dienone is 1. The van der Waals surface area contributed by atoms with E-state index in [2.05, 4.69) is 23.5 Å². The summed E-state index contributed by atoms with van der Waals surface area (Å²) in [5, 5.41) is 0. The molecule has 0 fully saturated rings. The highest BCUT2D eigenvalue weighted by molar-refractivity contribution is 5.90. The van der Waals surface area contributed by atoms with E-state index < -0.39 is 0 Å². The molecule has 0 aliphatic rings. The van der Waals surface area contributed by atoms with E-state index in [-0.39, 0.29) is 0 Å². The molecular weight excluding hydrogens is 124 g/mol. The van der Waals surface area contributed by atoms with Gasteiger partial charge in [0.1, 0.15) is 5.84 Å². The third kappa shape index (κ3) is 5.22. The smallest absolute Gasteiger partial charge is 0.120 e. The lowest BCUT2D eigenvalue weighted by Gasteiger charge is -1.88. The zero-order chi connectivity index (χ0) is 7.82. The molecule has 0 bridgehead atoms. The molecule has 0 saturated heterocycles. The van der Waals surface area contributed by atoms with Gasteiger partial charge in [-0.25, -0.2) is 4.99 Å². The molecule has 0 unspecified atom stereocenters. The van der Waals surface area contributed by atoms with Gasteiger partial charge in [-0.2, -0.15) is 0 Å². The highest BCUT2D eigenvalue weighted by atomic mass is 14.9. The minimum Gasteiger partial charge on any atom is -0.271 e. The molecule has 0 aromatic carbocycles. The van der Waals surface area contributed by atoms with Gasteiger partial charge in [-0.05, 0) is 13.3 Å². The van der Waals surface area contributed by atoms with Crippen LogP contribution in [0.15, 0.2) is 22.6 Å². The molecule has 0 atom stereocenters. The molecule has 0 aromatic heterocycles. The number of amidine groups is 1. The van der Waals surface area contributed by atoms with Crippen LogP contribution in [0.4, 0.5) is 0 Å². The molecule has 0 heterocycles. The van der Waals surface area contributed by atoms with E-state index in [0.717, 1.165) is 18.8 Å². The zero-order valence-electron chi connectivity index (χ0n) is 6.67. The van der Waals surface area contributed by atoms with E-state index in [0.29, 0.717) is 0 Å². The largest absolute Gasteiger partial charge is 0.271 e. The molecule has 0 rings (SSSR count). The minimum absolute atomic E-state index is 0.821. The van der Waals surface area contributed by atoms with Crippen molar-refractivity contribution in [3.8, 4) is 0 Å². The maximum atomic E-state index is 4.15. The average molecular weight is 138 g/mol. The van der Waals surface area contributed by atoms with E-state index in [1.165, 1.54) is 0 Å². The second-order valence-electron chi connectivity index (χ2n) is 1.94. The Bertz CT molecular complexity index is 145. The Hall–Kier alpha value is -0.920. The quantitative estimate of drug-likeness (QED) is 0.421. The van der Waals surface area contributed by atoms with Crippen LogP contribution in [0.2, 0.25) is 0 Å². The normalized spacial score (nSPS) is 12.4. The molecule has 0 amide bonds. The van der Waals surface area contributed by atoms with Gasteiger partial charge in [-0.1, -0.05) is 19.6 Å². The lowest BCUT2D eigenvalue weighted by atomic mass is 10.5. The molecule has 0 aliphatic carbocycles. The van der Waals surface area contributed by atoms with Crippen molar-refractivity contribution in [3.05, 3.63) is 12.7 Å². The summed E-state index contributed by atoms with van der Waals surface area (Å²) >= 11 is 0. The van der Waals surface area contributed by atoms with Crippen LogP contribution in [0.5, 0.6) is 0 Å². The van der Waals surface area contributed by atoms with Gasteiger partial charge in [0, 0.05) is 12.8 Å². The summed E-state index contributed by atoms with van der Waals surface area (Å²) in [7, 11) is 0. The molecular formula is C8H14N2. The van der Waals surface area contributed by atoms with E-state index in [4.69, 9.17) is 0 Å². The molecule has 56 valence electrons. The first-order valence-corrected chi connectivity index (χ1v) is 3.47. The highest BCUT2D eigenvalue weighted by Gasteiger charge is 1.80. The predicted molar refractivity (Wildman–Crippen MR) is 47.0 cm³/mol. The van der Waals surface area contributed by atoms with Crippen molar-refractivity contribution in [2.24, 2.45) is 9.98 Å². The summed E-state index contributed by atoms with van der Waals surface area (Å²) < 4.78 is 0. The molecule has 0 aliphatic heterocycles. The molecule has 0 N–H and O–H groups in total. The fraction of sp³-hybridized carbons (Fsp3) is 0.500. The second kappa shape index (κ2) is 6.20. The first-order chi connectivity index (χ1) is 4.81. The van der Waals surface area contributed by atoms with E-state index >= 15 is 0 Å². The van der Waals surface area contributed by atoms with Gasteiger partial charge in [0.05, 0.1) is 0 Å². The standard InChI is InChI=1S/C8H14N2/c1-4-6-9-8(3)10-7-5-2/h4,6H,1,5,7H2,2-3H3. The Balaban J connectivity index is 3.69. The summed E-state index contributed by atoms with van der Waals surface area (Å²) in [6.07, 6.45) is 4.36. The van der Waals surface area contributed by atoms with Crippen molar-refractivity contribution in [1.29, 1.82) is 0 Å². The van der Waals surface area contributed by atoms with Crippen LogP contribution >= 0.6 is 0 Å². The van der Waals surface area contributed by atoms with Crippen LogP contribution in [-0.2, 0) is 0 Å². The van der Waals surface area contributed by atoms with Gasteiger partial charge in [-0.3, -0.25) is 4.99 Å². The van der Waals surface area contributed by atoms with Crippen LogP contribution in [0.3, 0.4) is 0 Å². The van der Waals surface area contributed by atoms with Crippen LogP contribution < -0.4 is 0 Å². The number of hydrogen-bond acceptors (Lipinski definition) is 1. The fourth-order valence-corrected chi connectivity index (χ4v) is 0.475. The SMILES string of the molecule is C=CC=NC(C)=NCCC. The number of hydrogen-bond donors (Lipinski definition) is 0. The van der Waals surface area contributed by atoms with Gasteiger partial charge in [-0.15, -0.1) is 0 Å². The number of nitrogens with zero attached hydrogens (tertiary/aromatic N) is 2. The minimum atomic E-state index is 0.821. The van der Waals surface area contributed by atoms with Gasteiger partial charge >= 0.3 is 0 Å². The molecule has 0 spiro atoms. The van der Waals surface area contributed by atoms with Crippen LogP contribution in [0.25, 0.3) is 0 Å². The van der Waals surface area contributed by atoms with Crippen molar-refractivity contribution in [2.45, 2.75) is 20.3 Å². The third-order valence-electron chi connectivity index (χ3n) is 0.931. The van der Waals surface area contributed by atoms with E-state index in [1.54, 1.807) is 12.3 Å². The number of rotatable bonds is 3. The Kier molecular flexibility index (Phi) is 5.63. The Morgan fingerprint density at radius 1 is 1.60 bits per heavy atom. The molecule has 2 heteroatoms. The first kappa shape index (κ1) is 9.08. The summed E-state index contributed by atoms with van der Waals surface area (Å²) in [4.78, 5) is 8.14. The Morgan fingerprint density at radius 3 is 2.80 bits per heavy atom. The Labute approximate surface area is 62.4 Å². The van der Waals surface area contributed by atoms with Crippen LogP contribution in [0, 0.1) is 0 Å². The summed E-state index contributed by atoms with van der Waals surface area (Å²) in [6, 6.07) is 0. The third-order valence-corrected chi connectivity index (χ3v) is 0.931. The van der Waals surface area contributed by atoms with Crippen LogP contribution in [0.1, 0.15) is 20.3 Å². The maximum Gasteiger partial charge on any atom is 0.120 e. The molecule has 2 nitrogen and oxygen atoms in total. The summed E-state index contributed by atoms with van der Waals surface area (Å²) in [5.74, 6) is 0.821. The van der Waals surface area contributed by atoms with Crippen molar-refractivity contribution in [2.75, 3.05) is 6.54 Å². The van der Waals surface area contributed by atoms with Crippen LogP contribution in [-0.4, -0.2) is 18.6 Å².